The van der Waals surface area contributed by atoms with Crippen molar-refractivity contribution < 1.29 is 9.53 Å². The number of amides is 1. The molecule has 0 radical (unpaired) electrons. The fourth-order valence-electron chi connectivity index (χ4n) is 3.45. The van der Waals surface area contributed by atoms with Crippen LogP contribution in [0.5, 0.6) is 11.5 Å². The number of para-hydroxylation sites is 1. The van der Waals surface area contributed by atoms with Crippen LogP contribution in [0.1, 0.15) is 15.9 Å². The SMILES string of the molecule is CNC(=O)c1ccc(-c2cc(N)c(C(=N)N)c(-c3ccc(Oc4ccccc4)cc3)n2)cc1. The second-order valence-electron chi connectivity index (χ2n) is 7.33. The number of hydrogen-bond acceptors (Lipinski definition) is 5. The van der Waals surface area contributed by atoms with Crippen molar-refractivity contribution in [3.63, 3.8) is 0 Å². The lowest BCUT2D eigenvalue weighted by Crippen LogP contribution is -2.17. The summed E-state index contributed by atoms with van der Waals surface area (Å²) in [6.07, 6.45) is 0. The molecule has 4 rings (SSSR count). The molecule has 0 aliphatic carbocycles. The van der Waals surface area contributed by atoms with E-state index in [9.17, 15) is 4.79 Å². The molecule has 0 atom stereocenters. The highest BCUT2D eigenvalue weighted by Crippen LogP contribution is 2.32. The van der Waals surface area contributed by atoms with Gasteiger partial charge in [0, 0.05) is 29.4 Å². The summed E-state index contributed by atoms with van der Waals surface area (Å²) >= 11 is 0. The Bertz CT molecular complexity index is 1300. The van der Waals surface area contributed by atoms with Crippen molar-refractivity contribution in [2.75, 3.05) is 12.8 Å². The van der Waals surface area contributed by atoms with Crippen LogP contribution in [-0.2, 0) is 0 Å². The van der Waals surface area contributed by atoms with Crippen LogP contribution >= 0.6 is 0 Å². The van der Waals surface area contributed by atoms with Gasteiger partial charge in [0.15, 0.2) is 0 Å². The van der Waals surface area contributed by atoms with Crippen LogP contribution in [-0.4, -0.2) is 23.8 Å². The maximum Gasteiger partial charge on any atom is 0.251 e. The average molecular weight is 438 g/mol. The normalized spacial score (nSPS) is 10.5. The summed E-state index contributed by atoms with van der Waals surface area (Å²) < 4.78 is 5.86. The molecule has 0 saturated heterocycles. The van der Waals surface area contributed by atoms with Crippen LogP contribution in [0.2, 0.25) is 0 Å². The van der Waals surface area contributed by atoms with Crippen LogP contribution in [0.3, 0.4) is 0 Å². The number of amidine groups is 1. The Hall–Kier alpha value is -4.65. The fourth-order valence-corrected chi connectivity index (χ4v) is 3.45. The predicted molar refractivity (Wildman–Crippen MR) is 130 cm³/mol. The van der Waals surface area contributed by atoms with E-state index in [-0.39, 0.29) is 11.7 Å². The molecule has 0 aliphatic rings. The summed E-state index contributed by atoms with van der Waals surface area (Å²) in [5, 5.41) is 10.6. The quantitative estimate of drug-likeness (QED) is 0.262. The highest BCUT2D eigenvalue weighted by Gasteiger charge is 2.17. The molecule has 0 aliphatic heterocycles. The topological polar surface area (TPSA) is 127 Å². The summed E-state index contributed by atoms with van der Waals surface area (Å²) in [5.74, 6) is 1.07. The number of carbonyl (C=O) groups excluding carboxylic acids is 1. The molecule has 7 nitrogen and oxygen atoms in total. The first-order valence-electron chi connectivity index (χ1n) is 10.3. The monoisotopic (exact) mass is 437 g/mol. The van der Waals surface area contributed by atoms with E-state index in [0.29, 0.717) is 34.0 Å². The number of anilines is 1. The zero-order valence-corrected chi connectivity index (χ0v) is 18.0. The summed E-state index contributed by atoms with van der Waals surface area (Å²) in [7, 11) is 1.58. The van der Waals surface area contributed by atoms with Crippen molar-refractivity contribution in [3.8, 4) is 34.0 Å². The number of carbonyl (C=O) groups is 1. The Morgan fingerprint density at radius 1 is 0.909 bits per heavy atom. The largest absolute Gasteiger partial charge is 0.457 e. The summed E-state index contributed by atoms with van der Waals surface area (Å²) in [6, 6.07) is 25.6. The van der Waals surface area contributed by atoms with Gasteiger partial charge in [0.2, 0.25) is 0 Å². The predicted octanol–water partition coefficient (Wildman–Crippen LogP) is 4.43. The number of pyridine rings is 1. The molecule has 3 aromatic carbocycles. The third-order valence-electron chi connectivity index (χ3n) is 5.10. The lowest BCUT2D eigenvalue weighted by Gasteiger charge is -2.14. The van der Waals surface area contributed by atoms with Crippen molar-refractivity contribution in [3.05, 3.63) is 96.1 Å². The van der Waals surface area contributed by atoms with Gasteiger partial charge >= 0.3 is 0 Å². The van der Waals surface area contributed by atoms with Crippen LogP contribution in [0.15, 0.2) is 84.9 Å². The Kier molecular flexibility index (Phi) is 6.04. The maximum atomic E-state index is 11.8. The molecular formula is C26H23N5O2. The smallest absolute Gasteiger partial charge is 0.251 e. The number of ether oxygens (including phenoxy) is 1. The molecule has 0 bridgehead atoms. The average Bonchev–Trinajstić information content (AvgIpc) is 2.84. The van der Waals surface area contributed by atoms with Crippen molar-refractivity contribution >= 4 is 17.4 Å². The summed E-state index contributed by atoms with van der Waals surface area (Å²) in [4.78, 5) is 16.6. The van der Waals surface area contributed by atoms with Gasteiger partial charge in [-0.2, -0.15) is 0 Å². The van der Waals surface area contributed by atoms with Gasteiger partial charge in [-0.15, -0.1) is 0 Å². The third kappa shape index (κ3) is 4.67. The number of nitrogens with zero attached hydrogens (tertiary/aromatic N) is 1. The van der Waals surface area contributed by atoms with E-state index in [2.05, 4.69) is 5.32 Å². The molecule has 7 heteroatoms. The number of nitrogens with two attached hydrogens (primary N) is 2. The zero-order chi connectivity index (χ0) is 23.4. The van der Waals surface area contributed by atoms with Gasteiger partial charge in [0.05, 0.1) is 17.0 Å². The molecule has 4 aromatic rings. The minimum absolute atomic E-state index is 0.166. The molecule has 1 amide bonds. The van der Waals surface area contributed by atoms with Gasteiger partial charge in [-0.05, 0) is 54.6 Å². The molecule has 1 heterocycles. The third-order valence-corrected chi connectivity index (χ3v) is 5.10. The van der Waals surface area contributed by atoms with E-state index in [1.807, 2.05) is 54.6 Å². The minimum atomic E-state index is -0.167. The molecule has 0 unspecified atom stereocenters. The number of aromatic nitrogens is 1. The Balaban J connectivity index is 1.71. The molecule has 0 fully saturated rings. The van der Waals surface area contributed by atoms with E-state index >= 15 is 0 Å². The molecule has 1 aromatic heterocycles. The van der Waals surface area contributed by atoms with Gasteiger partial charge in [0.1, 0.15) is 17.3 Å². The van der Waals surface area contributed by atoms with Gasteiger partial charge in [-0.1, -0.05) is 30.3 Å². The standard InChI is InChI=1S/C26H23N5O2/c1-30-26(32)18-9-7-16(8-10-18)22-15-21(27)23(25(28)29)24(31-22)17-11-13-20(14-12-17)33-19-5-3-2-4-6-19/h2-15H,1H3,(H2,27,31)(H3,28,29)(H,30,32). The number of nitrogens with one attached hydrogen (secondary N) is 2. The Morgan fingerprint density at radius 2 is 1.52 bits per heavy atom. The summed E-state index contributed by atoms with van der Waals surface area (Å²) in [5.41, 5.74) is 16.0. The highest BCUT2D eigenvalue weighted by atomic mass is 16.5. The highest BCUT2D eigenvalue weighted by molar-refractivity contribution is 6.06. The van der Waals surface area contributed by atoms with Crippen molar-refractivity contribution in [1.82, 2.24) is 10.3 Å². The van der Waals surface area contributed by atoms with Crippen LogP contribution < -0.4 is 21.5 Å². The van der Waals surface area contributed by atoms with Gasteiger partial charge in [-0.3, -0.25) is 10.2 Å². The second kappa shape index (κ2) is 9.23. The van der Waals surface area contributed by atoms with Gasteiger partial charge in [0.25, 0.3) is 5.91 Å². The summed E-state index contributed by atoms with van der Waals surface area (Å²) in [6.45, 7) is 0. The van der Waals surface area contributed by atoms with E-state index in [0.717, 1.165) is 16.9 Å². The minimum Gasteiger partial charge on any atom is -0.457 e. The van der Waals surface area contributed by atoms with E-state index in [1.165, 1.54) is 0 Å². The van der Waals surface area contributed by atoms with Gasteiger partial charge < -0.3 is 21.5 Å². The number of hydrogen-bond donors (Lipinski definition) is 4. The first kappa shape index (κ1) is 21.6. The molecular weight excluding hydrogens is 414 g/mol. The fraction of sp³-hybridized carbons (Fsp3) is 0.0385. The van der Waals surface area contributed by atoms with Crippen molar-refractivity contribution in [1.29, 1.82) is 5.41 Å². The molecule has 6 N–H and O–H groups in total. The molecule has 0 saturated carbocycles. The van der Waals surface area contributed by atoms with Crippen LogP contribution in [0, 0.1) is 5.41 Å². The van der Waals surface area contributed by atoms with Crippen molar-refractivity contribution in [2.45, 2.75) is 0 Å². The first-order valence-corrected chi connectivity index (χ1v) is 10.3. The second-order valence-corrected chi connectivity index (χ2v) is 7.33. The first-order chi connectivity index (χ1) is 16.0. The Morgan fingerprint density at radius 3 is 2.12 bits per heavy atom. The van der Waals surface area contributed by atoms with E-state index < -0.39 is 0 Å². The molecule has 164 valence electrons. The van der Waals surface area contributed by atoms with Crippen LogP contribution in [0.25, 0.3) is 22.5 Å². The van der Waals surface area contributed by atoms with E-state index in [4.69, 9.17) is 26.6 Å². The van der Waals surface area contributed by atoms with Gasteiger partial charge in [-0.25, -0.2) is 4.98 Å². The lowest BCUT2D eigenvalue weighted by molar-refractivity contribution is 0.0963. The van der Waals surface area contributed by atoms with Crippen molar-refractivity contribution in [2.24, 2.45) is 5.73 Å². The maximum absolute atomic E-state index is 11.8. The number of rotatable bonds is 6. The molecule has 0 spiro atoms. The Labute approximate surface area is 191 Å². The van der Waals surface area contributed by atoms with Crippen LogP contribution in [0.4, 0.5) is 5.69 Å². The number of benzene rings is 3. The number of nitrogen functional groups attached to an aromatic ring is 2. The van der Waals surface area contributed by atoms with E-state index in [1.54, 1.807) is 37.4 Å². The zero-order valence-electron chi connectivity index (χ0n) is 18.0. The molecule has 33 heavy (non-hydrogen) atoms. The lowest BCUT2D eigenvalue weighted by atomic mass is 10.00.